The highest BCUT2D eigenvalue weighted by molar-refractivity contribution is 5.11. The molecule has 0 heteroatoms. The monoisotopic (exact) mass is 134 g/mol. The van der Waals surface area contributed by atoms with Crippen molar-refractivity contribution in [3.8, 4) is 0 Å². The van der Waals surface area contributed by atoms with Gasteiger partial charge in [0.05, 0.1) is 0 Å². The van der Waals surface area contributed by atoms with Crippen LogP contribution in [0.15, 0.2) is 12.2 Å². The summed E-state index contributed by atoms with van der Waals surface area (Å²) in [5.74, 6) is 4.36. The molecule has 54 valence electrons. The van der Waals surface area contributed by atoms with Crippen LogP contribution in [0.1, 0.15) is 25.7 Å². The van der Waals surface area contributed by atoms with E-state index < -0.39 is 0 Å². The van der Waals surface area contributed by atoms with Crippen molar-refractivity contribution in [1.29, 1.82) is 0 Å². The van der Waals surface area contributed by atoms with E-state index in [-0.39, 0.29) is 0 Å². The second-order valence-corrected chi connectivity index (χ2v) is 4.24. The van der Waals surface area contributed by atoms with Crippen LogP contribution in [0.3, 0.4) is 0 Å². The number of fused-ring (bicyclic) bond motifs is 5. The van der Waals surface area contributed by atoms with Crippen molar-refractivity contribution >= 4 is 0 Å². The zero-order chi connectivity index (χ0) is 6.55. The van der Waals surface area contributed by atoms with Crippen LogP contribution in [-0.4, -0.2) is 0 Å². The van der Waals surface area contributed by atoms with E-state index in [1.807, 2.05) is 0 Å². The topological polar surface area (TPSA) is 0 Å². The molecule has 0 aromatic heterocycles. The molecule has 3 rings (SSSR count). The maximum Gasteiger partial charge on any atom is -0.0171 e. The fourth-order valence-electron chi connectivity index (χ4n) is 3.50. The smallest absolute Gasteiger partial charge is 0.0171 e. The summed E-state index contributed by atoms with van der Waals surface area (Å²) in [6, 6.07) is 0. The van der Waals surface area contributed by atoms with Crippen molar-refractivity contribution in [3.05, 3.63) is 12.2 Å². The predicted molar refractivity (Wildman–Crippen MR) is 41.6 cm³/mol. The summed E-state index contributed by atoms with van der Waals surface area (Å²) in [5.41, 5.74) is 0. The second kappa shape index (κ2) is 1.66. The maximum absolute atomic E-state index is 2.49. The quantitative estimate of drug-likeness (QED) is 0.447. The van der Waals surface area contributed by atoms with Crippen molar-refractivity contribution in [1.82, 2.24) is 0 Å². The first-order chi connectivity index (χ1) is 4.95. The molecule has 2 bridgehead atoms. The summed E-state index contributed by atoms with van der Waals surface area (Å²) in [7, 11) is 0. The molecule has 0 N–H and O–H groups in total. The van der Waals surface area contributed by atoms with Gasteiger partial charge in [0.25, 0.3) is 0 Å². The van der Waals surface area contributed by atoms with Crippen LogP contribution in [0.4, 0.5) is 0 Å². The van der Waals surface area contributed by atoms with E-state index in [1.54, 1.807) is 12.8 Å². The molecule has 4 atom stereocenters. The average Bonchev–Trinajstić information content (AvgIpc) is 2.60. The van der Waals surface area contributed by atoms with Gasteiger partial charge in [0, 0.05) is 0 Å². The summed E-state index contributed by atoms with van der Waals surface area (Å²) >= 11 is 0. The molecule has 2 saturated carbocycles. The molecule has 0 aliphatic heterocycles. The lowest BCUT2D eigenvalue weighted by Crippen LogP contribution is -2.16. The van der Waals surface area contributed by atoms with Crippen molar-refractivity contribution < 1.29 is 0 Å². The molecule has 10 heavy (non-hydrogen) atoms. The summed E-state index contributed by atoms with van der Waals surface area (Å²) in [6.07, 6.45) is 11.0. The molecular formula is C10H14. The molecule has 0 nitrogen and oxygen atoms in total. The lowest BCUT2D eigenvalue weighted by atomic mass is 9.82. The zero-order valence-corrected chi connectivity index (χ0v) is 6.29. The van der Waals surface area contributed by atoms with Gasteiger partial charge in [0.15, 0.2) is 0 Å². The summed E-state index contributed by atoms with van der Waals surface area (Å²) in [6.45, 7) is 0. The lowest BCUT2D eigenvalue weighted by molar-refractivity contribution is 0.285. The third-order valence-electron chi connectivity index (χ3n) is 3.92. The largest absolute Gasteiger partial charge is 0.0879 e. The Morgan fingerprint density at radius 3 is 2.90 bits per heavy atom. The van der Waals surface area contributed by atoms with E-state index in [4.69, 9.17) is 0 Å². The van der Waals surface area contributed by atoms with Gasteiger partial charge < -0.3 is 0 Å². The highest BCUT2D eigenvalue weighted by Crippen LogP contribution is 2.56. The molecule has 2 fully saturated rings. The normalized spacial score (nSPS) is 56.0. The van der Waals surface area contributed by atoms with Gasteiger partial charge in [-0.2, -0.15) is 0 Å². The van der Waals surface area contributed by atoms with Gasteiger partial charge in [-0.05, 0) is 49.4 Å². The minimum absolute atomic E-state index is 1.03. The summed E-state index contributed by atoms with van der Waals surface area (Å²) in [4.78, 5) is 0. The van der Waals surface area contributed by atoms with Crippen molar-refractivity contribution in [2.75, 3.05) is 0 Å². The molecule has 0 aromatic rings. The molecule has 3 aliphatic carbocycles. The van der Waals surface area contributed by atoms with Gasteiger partial charge in [-0.3, -0.25) is 0 Å². The molecule has 0 amide bonds. The molecule has 0 saturated heterocycles. The second-order valence-electron chi connectivity index (χ2n) is 4.24. The highest BCUT2D eigenvalue weighted by Gasteiger charge is 2.47. The van der Waals surface area contributed by atoms with E-state index in [9.17, 15) is 0 Å². The molecule has 3 aliphatic rings. The highest BCUT2D eigenvalue weighted by atomic mass is 14.5. The van der Waals surface area contributed by atoms with E-state index in [0.29, 0.717) is 0 Å². The van der Waals surface area contributed by atoms with Crippen molar-refractivity contribution in [2.45, 2.75) is 25.7 Å². The fourth-order valence-corrected chi connectivity index (χ4v) is 3.50. The Hall–Kier alpha value is -0.260. The SMILES string of the molecule is C1=C[C@@H]2[C@@H]3CC[C@H](C3)[C@H]2C1. The zero-order valence-electron chi connectivity index (χ0n) is 6.29. The molecular weight excluding hydrogens is 120 g/mol. The first kappa shape index (κ1) is 5.40. The molecule has 0 heterocycles. The van der Waals surface area contributed by atoms with E-state index in [1.165, 1.54) is 12.8 Å². The third-order valence-corrected chi connectivity index (χ3v) is 3.92. The number of hydrogen-bond acceptors (Lipinski definition) is 0. The molecule has 0 spiro atoms. The Kier molecular flexibility index (Phi) is 0.898. The van der Waals surface area contributed by atoms with Crippen molar-refractivity contribution in [2.24, 2.45) is 23.7 Å². The van der Waals surface area contributed by atoms with Gasteiger partial charge >= 0.3 is 0 Å². The van der Waals surface area contributed by atoms with Crippen LogP contribution >= 0.6 is 0 Å². The first-order valence-corrected chi connectivity index (χ1v) is 4.62. The van der Waals surface area contributed by atoms with Crippen LogP contribution in [-0.2, 0) is 0 Å². The van der Waals surface area contributed by atoms with Crippen LogP contribution in [0.2, 0.25) is 0 Å². The van der Waals surface area contributed by atoms with Gasteiger partial charge in [0.2, 0.25) is 0 Å². The molecule has 0 aromatic carbocycles. The summed E-state index contributed by atoms with van der Waals surface area (Å²) < 4.78 is 0. The number of hydrogen-bond donors (Lipinski definition) is 0. The van der Waals surface area contributed by atoms with Gasteiger partial charge in [-0.15, -0.1) is 0 Å². The number of rotatable bonds is 0. The standard InChI is InChI=1S/C10H14/c1-2-9-7-4-5-8(6-7)10(9)3-1/h1-2,7-10H,3-6H2/t7-,8-,9-,10-/m1/s1. The Morgan fingerprint density at radius 1 is 1.10 bits per heavy atom. The van der Waals surface area contributed by atoms with Gasteiger partial charge in [-0.1, -0.05) is 12.2 Å². The Balaban J connectivity index is 1.97. The minimum atomic E-state index is 1.03. The fraction of sp³-hybridized carbons (Fsp3) is 0.800. The predicted octanol–water partition coefficient (Wildman–Crippen LogP) is 2.61. The molecule has 0 radical (unpaired) electrons. The van der Waals surface area contributed by atoms with Crippen LogP contribution in [0.5, 0.6) is 0 Å². The average molecular weight is 134 g/mol. The van der Waals surface area contributed by atoms with Crippen LogP contribution in [0.25, 0.3) is 0 Å². The van der Waals surface area contributed by atoms with E-state index in [0.717, 1.165) is 23.7 Å². The molecule has 0 unspecified atom stereocenters. The van der Waals surface area contributed by atoms with E-state index >= 15 is 0 Å². The van der Waals surface area contributed by atoms with Gasteiger partial charge in [0.1, 0.15) is 0 Å². The maximum atomic E-state index is 2.49. The van der Waals surface area contributed by atoms with E-state index in [2.05, 4.69) is 12.2 Å². The Morgan fingerprint density at radius 2 is 2.00 bits per heavy atom. The van der Waals surface area contributed by atoms with Crippen molar-refractivity contribution in [3.63, 3.8) is 0 Å². The lowest BCUT2D eigenvalue weighted by Gasteiger charge is -2.23. The number of allylic oxidation sites excluding steroid dienone is 2. The first-order valence-electron chi connectivity index (χ1n) is 4.62. The van der Waals surface area contributed by atoms with Crippen LogP contribution < -0.4 is 0 Å². The Labute approximate surface area is 62.3 Å². The summed E-state index contributed by atoms with van der Waals surface area (Å²) in [5, 5.41) is 0. The minimum Gasteiger partial charge on any atom is -0.0879 e. The van der Waals surface area contributed by atoms with Gasteiger partial charge in [-0.25, -0.2) is 0 Å². The van der Waals surface area contributed by atoms with Crippen LogP contribution in [0, 0.1) is 23.7 Å². The third kappa shape index (κ3) is 0.492. The Bertz CT molecular complexity index is 180.